The van der Waals surface area contributed by atoms with Crippen molar-refractivity contribution in [3.8, 4) is 22.5 Å². The van der Waals surface area contributed by atoms with Crippen molar-refractivity contribution < 1.29 is 18.4 Å². The summed E-state index contributed by atoms with van der Waals surface area (Å²) < 4.78 is 32.2. The number of halogens is 5. The van der Waals surface area contributed by atoms with E-state index in [1.54, 1.807) is 53.7 Å². The van der Waals surface area contributed by atoms with Crippen molar-refractivity contribution in [2.45, 2.75) is 88.0 Å². The fraction of sp³-hybridized carbons (Fsp3) is 0.391. The molecule has 0 bridgehead atoms. The zero-order valence-corrected chi connectivity index (χ0v) is 39.7. The van der Waals surface area contributed by atoms with Gasteiger partial charge < -0.3 is 4.90 Å². The van der Waals surface area contributed by atoms with E-state index in [-0.39, 0.29) is 28.1 Å². The van der Waals surface area contributed by atoms with Gasteiger partial charge in [-0.05, 0) is 81.2 Å². The summed E-state index contributed by atoms with van der Waals surface area (Å²) in [6, 6.07) is 26.0. The molecule has 0 aliphatic heterocycles. The van der Waals surface area contributed by atoms with E-state index < -0.39 is 11.2 Å². The van der Waals surface area contributed by atoms with Gasteiger partial charge in [-0.3, -0.25) is 14.7 Å². The predicted molar refractivity (Wildman–Crippen MR) is 249 cm³/mol. The Kier molecular flexibility index (Phi) is 20.3. The Bertz CT molecular complexity index is 2210. The molecule has 0 fully saturated rings. The summed E-state index contributed by atoms with van der Waals surface area (Å²) in [6.07, 6.45) is 2.32. The Morgan fingerprint density at radius 1 is 0.667 bits per heavy atom. The summed E-state index contributed by atoms with van der Waals surface area (Å²) in [4.78, 5) is 27.6. The van der Waals surface area contributed by atoms with Crippen LogP contribution in [0.15, 0.2) is 84.9 Å². The lowest BCUT2D eigenvalue weighted by atomic mass is 9.95. The van der Waals surface area contributed by atoms with E-state index in [2.05, 4.69) is 41.0 Å². The molecule has 60 heavy (non-hydrogen) atoms. The standard InChI is InChI=1S/C20H20ClFN2OS.C15H12ClFN2S.C6H15N.C5H9ClO/c1-20(2,3)19(25)24-15(11-9-14-10-12-16(21)26-14)17(22)18(23-24)13-7-5-4-6-8-13;16-13-9-7-11(20-13)6-8-12-14(17)15(19-18-12)10-4-2-1-3-5-10;1-4-7(5-2)6-3;1-5(2,3)4(6)7/h4-8,10,12H,9,11H2,1-3H3;1-5,7,9H,6,8H2,(H,18,19);4-6H2,1-3H3;1-3H3. The highest BCUT2D eigenvalue weighted by Crippen LogP contribution is 2.30. The van der Waals surface area contributed by atoms with Gasteiger partial charge in [0.25, 0.3) is 5.91 Å². The molecule has 0 unspecified atom stereocenters. The van der Waals surface area contributed by atoms with Gasteiger partial charge in [0.2, 0.25) is 5.24 Å². The molecular weight excluding hydrogens is 863 g/mol. The van der Waals surface area contributed by atoms with Crippen LogP contribution in [0.2, 0.25) is 8.67 Å². The first-order chi connectivity index (χ1) is 28.3. The maximum atomic E-state index is 15.2. The van der Waals surface area contributed by atoms with Crippen molar-refractivity contribution >= 4 is 68.6 Å². The maximum absolute atomic E-state index is 15.2. The molecule has 0 aliphatic carbocycles. The van der Waals surface area contributed by atoms with Gasteiger partial charge in [0, 0.05) is 31.7 Å². The van der Waals surface area contributed by atoms with Gasteiger partial charge >= 0.3 is 0 Å². The monoisotopic (exact) mass is 917 g/mol. The molecule has 0 amide bonds. The highest BCUT2D eigenvalue weighted by Gasteiger charge is 2.30. The molecule has 0 radical (unpaired) electrons. The van der Waals surface area contributed by atoms with Gasteiger partial charge in [-0.25, -0.2) is 13.5 Å². The Hall–Kier alpha value is -3.71. The molecule has 0 aliphatic rings. The third-order valence-electron chi connectivity index (χ3n) is 9.04. The summed E-state index contributed by atoms with van der Waals surface area (Å²) in [5, 5.41) is 10.9. The molecule has 2 aromatic carbocycles. The van der Waals surface area contributed by atoms with Crippen LogP contribution in [-0.4, -0.2) is 55.7 Å². The first kappa shape index (κ1) is 50.6. The molecule has 6 aromatic rings. The van der Waals surface area contributed by atoms with Crippen molar-refractivity contribution in [2.24, 2.45) is 10.8 Å². The first-order valence-corrected chi connectivity index (χ1v) is 22.6. The number of nitrogens with zero attached hydrogens (tertiary/aromatic N) is 4. The van der Waals surface area contributed by atoms with E-state index in [1.807, 2.05) is 72.8 Å². The van der Waals surface area contributed by atoms with Crippen LogP contribution in [0, 0.1) is 22.5 Å². The minimum atomic E-state index is -0.659. The molecule has 0 spiro atoms. The van der Waals surface area contributed by atoms with Crippen molar-refractivity contribution in [2.75, 3.05) is 19.6 Å². The smallest absolute Gasteiger partial charge is 0.252 e. The highest BCUT2D eigenvalue weighted by molar-refractivity contribution is 7.16. The van der Waals surface area contributed by atoms with Crippen molar-refractivity contribution in [1.82, 2.24) is 24.9 Å². The number of rotatable bonds is 11. The molecule has 7 nitrogen and oxygen atoms in total. The average Bonchev–Trinajstić information content (AvgIpc) is 4.00. The Morgan fingerprint density at radius 2 is 1.12 bits per heavy atom. The number of aromatic nitrogens is 4. The van der Waals surface area contributed by atoms with Crippen LogP contribution in [0.3, 0.4) is 0 Å². The SMILES string of the molecule is CC(C)(C)C(=O)Cl.CC(C)(C)C(=O)n1nc(-c2ccccc2)c(F)c1CCc1ccc(Cl)s1.CCN(CC)CC.Fc1c(-c2ccccc2)n[nH]c1CCc1ccc(Cl)s1. The van der Waals surface area contributed by atoms with E-state index in [9.17, 15) is 14.0 Å². The number of nitrogens with one attached hydrogen (secondary N) is 1. The Morgan fingerprint density at radius 3 is 1.50 bits per heavy atom. The molecule has 4 heterocycles. The largest absolute Gasteiger partial charge is 0.304 e. The second-order valence-corrected chi connectivity index (χ2v) is 19.7. The number of thiophene rings is 2. The summed E-state index contributed by atoms with van der Waals surface area (Å²) >= 11 is 20.0. The van der Waals surface area contributed by atoms with Crippen LogP contribution in [0.25, 0.3) is 22.5 Å². The van der Waals surface area contributed by atoms with Crippen LogP contribution in [0.4, 0.5) is 8.78 Å². The first-order valence-electron chi connectivity index (χ1n) is 19.9. The zero-order chi connectivity index (χ0) is 44.6. The van der Waals surface area contributed by atoms with Crippen LogP contribution < -0.4 is 0 Å². The normalized spacial score (nSPS) is 11.2. The number of carbonyl (C=O) groups is 2. The van der Waals surface area contributed by atoms with Crippen LogP contribution in [0.1, 0.15) is 88.3 Å². The lowest BCUT2D eigenvalue weighted by Crippen LogP contribution is -2.29. The van der Waals surface area contributed by atoms with Crippen LogP contribution in [0.5, 0.6) is 0 Å². The van der Waals surface area contributed by atoms with Gasteiger partial charge in [-0.2, -0.15) is 10.2 Å². The van der Waals surface area contributed by atoms with Crippen LogP contribution >= 0.6 is 57.5 Å². The molecule has 1 N–H and O–H groups in total. The van der Waals surface area contributed by atoms with E-state index in [4.69, 9.17) is 34.8 Å². The molecule has 0 saturated heterocycles. The number of carbonyl (C=O) groups excluding carboxylic acids is 2. The number of benzene rings is 2. The quantitative estimate of drug-likeness (QED) is 0.131. The van der Waals surface area contributed by atoms with E-state index in [0.29, 0.717) is 46.2 Å². The molecule has 6 rings (SSSR count). The Labute approximate surface area is 377 Å². The van der Waals surface area contributed by atoms with Crippen LogP contribution in [-0.2, 0) is 30.5 Å². The van der Waals surface area contributed by atoms with E-state index in [0.717, 1.165) is 26.1 Å². The summed E-state index contributed by atoms with van der Waals surface area (Å²) in [6.45, 7) is 20.9. The third-order valence-corrected chi connectivity index (χ3v) is 12.2. The molecule has 0 saturated carbocycles. The molecule has 14 heteroatoms. The molecule has 324 valence electrons. The highest BCUT2D eigenvalue weighted by atomic mass is 35.5. The minimum Gasteiger partial charge on any atom is -0.304 e. The minimum absolute atomic E-state index is 0.211. The van der Waals surface area contributed by atoms with Gasteiger partial charge in [0.05, 0.1) is 20.1 Å². The topological polar surface area (TPSA) is 83.9 Å². The van der Waals surface area contributed by atoms with Gasteiger partial charge in [0.15, 0.2) is 11.6 Å². The Balaban J connectivity index is 0.000000248. The maximum Gasteiger partial charge on any atom is 0.252 e. The van der Waals surface area contributed by atoms with E-state index in [1.165, 1.54) is 47.0 Å². The fourth-order valence-corrected chi connectivity index (χ4v) is 7.54. The predicted octanol–water partition coefficient (Wildman–Crippen LogP) is 13.7. The number of aromatic amines is 1. The fourth-order valence-electron chi connectivity index (χ4n) is 5.37. The number of hydrogen-bond donors (Lipinski definition) is 1. The van der Waals surface area contributed by atoms with E-state index >= 15 is 4.39 Å². The number of hydrogen-bond acceptors (Lipinski definition) is 7. The van der Waals surface area contributed by atoms with Gasteiger partial charge in [-0.1, -0.05) is 146 Å². The summed E-state index contributed by atoms with van der Waals surface area (Å²) in [5.74, 6) is -0.923. The second-order valence-electron chi connectivity index (χ2n) is 15.7. The zero-order valence-electron chi connectivity index (χ0n) is 35.8. The van der Waals surface area contributed by atoms with Crippen molar-refractivity contribution in [3.63, 3.8) is 0 Å². The van der Waals surface area contributed by atoms with Gasteiger partial charge in [-0.15, -0.1) is 22.7 Å². The molecule has 0 atom stereocenters. The molecule has 4 aromatic heterocycles. The molecular formula is C46H56Cl3F2N5O2S2. The number of H-pyrrole nitrogens is 1. The second kappa shape index (κ2) is 24.1. The third kappa shape index (κ3) is 15.6. The summed E-state index contributed by atoms with van der Waals surface area (Å²) in [7, 11) is 0. The average molecular weight is 919 g/mol. The van der Waals surface area contributed by atoms with Crippen molar-refractivity contribution in [3.05, 3.63) is 126 Å². The number of aryl methyl sites for hydroxylation is 3. The summed E-state index contributed by atoms with van der Waals surface area (Å²) in [5.41, 5.74) is 1.85. The lowest BCUT2D eigenvalue weighted by Gasteiger charge is -2.17. The van der Waals surface area contributed by atoms with Crippen molar-refractivity contribution in [1.29, 1.82) is 0 Å². The lowest BCUT2D eigenvalue weighted by molar-refractivity contribution is -0.118. The van der Waals surface area contributed by atoms with Gasteiger partial charge in [0.1, 0.15) is 11.4 Å².